The molecule has 0 saturated heterocycles. The molecular weight excluding hydrogens is 270 g/mol. The molecule has 0 unspecified atom stereocenters. The number of carbonyl (C=O) groups is 1. The molecule has 6 heteroatoms. The summed E-state index contributed by atoms with van der Waals surface area (Å²) in [4.78, 5) is 16.8. The molecule has 1 fully saturated rings. The quantitative estimate of drug-likeness (QED) is 0.881. The Hall–Kier alpha value is -1.95. The number of aliphatic hydroxyl groups is 1. The van der Waals surface area contributed by atoms with E-state index in [1.165, 1.54) is 0 Å². The first kappa shape index (κ1) is 14.0. The van der Waals surface area contributed by atoms with Gasteiger partial charge in [0.05, 0.1) is 22.7 Å². The first-order valence-electron chi connectivity index (χ1n) is 7.27. The molecule has 1 saturated carbocycles. The van der Waals surface area contributed by atoms with Crippen molar-refractivity contribution in [2.45, 2.75) is 51.7 Å². The third-order valence-corrected chi connectivity index (χ3v) is 4.02. The number of aliphatic hydroxyl groups excluding tert-OH is 1. The number of pyridine rings is 1. The van der Waals surface area contributed by atoms with Gasteiger partial charge in [0.2, 0.25) is 0 Å². The Balaban J connectivity index is 1.86. The second-order valence-corrected chi connectivity index (χ2v) is 5.74. The number of fused-ring (bicyclic) bond motifs is 1. The van der Waals surface area contributed by atoms with Crippen LogP contribution >= 0.6 is 0 Å². The average molecular weight is 289 g/mol. The molecule has 2 aromatic heterocycles. The Bertz CT molecular complexity index is 672. The van der Waals surface area contributed by atoms with E-state index in [9.17, 15) is 9.90 Å². The third-order valence-electron chi connectivity index (χ3n) is 4.02. The fraction of sp³-hybridized carbons (Fsp3) is 0.533. The van der Waals surface area contributed by atoms with Crippen molar-refractivity contribution in [3.63, 3.8) is 0 Å². The molecule has 2 aromatic rings. The summed E-state index contributed by atoms with van der Waals surface area (Å²) >= 11 is 0. The van der Waals surface area contributed by atoms with Crippen LogP contribution in [0.2, 0.25) is 0 Å². The van der Waals surface area contributed by atoms with Crippen molar-refractivity contribution in [2.75, 3.05) is 0 Å². The van der Waals surface area contributed by atoms with E-state index in [1.807, 2.05) is 6.92 Å². The van der Waals surface area contributed by atoms with Gasteiger partial charge >= 0.3 is 0 Å². The van der Waals surface area contributed by atoms with E-state index in [0.717, 1.165) is 31.4 Å². The number of hydrogen-bond donors (Lipinski definition) is 2. The molecule has 0 spiro atoms. The summed E-state index contributed by atoms with van der Waals surface area (Å²) in [6.07, 6.45) is 2.86. The average Bonchev–Trinajstić information content (AvgIpc) is 2.82. The fourth-order valence-corrected chi connectivity index (χ4v) is 2.88. The van der Waals surface area contributed by atoms with Crippen molar-refractivity contribution >= 4 is 17.0 Å². The highest BCUT2D eigenvalue weighted by atomic mass is 16.5. The van der Waals surface area contributed by atoms with Gasteiger partial charge in [0.1, 0.15) is 0 Å². The van der Waals surface area contributed by atoms with Gasteiger partial charge in [0.15, 0.2) is 0 Å². The standard InChI is InChI=1S/C15H19N3O3/c1-8-7-12(13-9(2)18-21-15(13)16-8)14(20)17-10-3-5-11(19)6-4-10/h7,10-11,19H,3-6H2,1-2H3,(H,17,20). The third kappa shape index (κ3) is 2.76. The van der Waals surface area contributed by atoms with Crippen LogP contribution < -0.4 is 5.32 Å². The van der Waals surface area contributed by atoms with Crippen molar-refractivity contribution in [1.29, 1.82) is 0 Å². The Labute approximate surface area is 122 Å². The first-order chi connectivity index (χ1) is 10.0. The van der Waals surface area contributed by atoms with Crippen LogP contribution in [0.25, 0.3) is 11.1 Å². The van der Waals surface area contributed by atoms with Crippen LogP contribution in [-0.4, -0.2) is 33.3 Å². The highest BCUT2D eigenvalue weighted by Gasteiger charge is 2.23. The summed E-state index contributed by atoms with van der Waals surface area (Å²) in [5.41, 5.74) is 2.35. The van der Waals surface area contributed by atoms with Gasteiger partial charge in [-0.05, 0) is 45.6 Å². The lowest BCUT2D eigenvalue weighted by Crippen LogP contribution is -2.38. The summed E-state index contributed by atoms with van der Waals surface area (Å²) in [6.45, 7) is 3.63. The van der Waals surface area contributed by atoms with Crippen molar-refractivity contribution < 1.29 is 14.4 Å². The van der Waals surface area contributed by atoms with E-state index in [0.29, 0.717) is 22.4 Å². The van der Waals surface area contributed by atoms with Crippen molar-refractivity contribution in [2.24, 2.45) is 0 Å². The second-order valence-electron chi connectivity index (χ2n) is 5.74. The lowest BCUT2D eigenvalue weighted by atomic mass is 9.93. The number of aryl methyl sites for hydroxylation is 2. The highest BCUT2D eigenvalue weighted by molar-refractivity contribution is 6.06. The van der Waals surface area contributed by atoms with E-state index in [4.69, 9.17) is 4.52 Å². The fourth-order valence-electron chi connectivity index (χ4n) is 2.88. The predicted molar refractivity (Wildman–Crippen MR) is 77.0 cm³/mol. The van der Waals surface area contributed by atoms with Crippen molar-refractivity contribution in [3.8, 4) is 0 Å². The number of rotatable bonds is 2. The number of hydrogen-bond acceptors (Lipinski definition) is 5. The number of nitrogens with one attached hydrogen (secondary N) is 1. The number of nitrogens with zero attached hydrogens (tertiary/aromatic N) is 2. The van der Waals surface area contributed by atoms with E-state index in [2.05, 4.69) is 15.5 Å². The maximum atomic E-state index is 12.5. The minimum atomic E-state index is -0.228. The van der Waals surface area contributed by atoms with Crippen LogP contribution in [0.15, 0.2) is 10.6 Å². The van der Waals surface area contributed by atoms with E-state index < -0.39 is 0 Å². The van der Waals surface area contributed by atoms with Crippen molar-refractivity contribution in [1.82, 2.24) is 15.5 Å². The maximum absolute atomic E-state index is 12.5. The largest absolute Gasteiger partial charge is 0.393 e. The lowest BCUT2D eigenvalue weighted by molar-refractivity contribution is 0.0869. The van der Waals surface area contributed by atoms with Gasteiger partial charge in [-0.15, -0.1) is 0 Å². The molecule has 2 N–H and O–H groups in total. The molecule has 1 aliphatic rings. The minimum Gasteiger partial charge on any atom is -0.393 e. The molecule has 21 heavy (non-hydrogen) atoms. The zero-order valence-electron chi connectivity index (χ0n) is 12.2. The second kappa shape index (κ2) is 5.44. The van der Waals surface area contributed by atoms with E-state index in [1.54, 1.807) is 13.0 Å². The van der Waals surface area contributed by atoms with Crippen LogP contribution in [0.1, 0.15) is 47.4 Å². The Morgan fingerprint density at radius 2 is 2.05 bits per heavy atom. The summed E-state index contributed by atoms with van der Waals surface area (Å²) < 4.78 is 5.15. The zero-order valence-corrected chi connectivity index (χ0v) is 12.2. The molecule has 0 aromatic carbocycles. The van der Waals surface area contributed by atoms with Crippen molar-refractivity contribution in [3.05, 3.63) is 23.0 Å². The molecule has 2 heterocycles. The van der Waals surface area contributed by atoms with Crippen LogP contribution in [0.3, 0.4) is 0 Å². The molecule has 112 valence electrons. The topological polar surface area (TPSA) is 88.2 Å². The molecule has 0 aliphatic heterocycles. The Morgan fingerprint density at radius 1 is 1.33 bits per heavy atom. The van der Waals surface area contributed by atoms with Gasteiger partial charge in [0.25, 0.3) is 11.6 Å². The lowest BCUT2D eigenvalue weighted by Gasteiger charge is -2.26. The van der Waals surface area contributed by atoms with Gasteiger partial charge in [-0.3, -0.25) is 4.79 Å². The van der Waals surface area contributed by atoms with Crippen LogP contribution in [0, 0.1) is 13.8 Å². The summed E-state index contributed by atoms with van der Waals surface area (Å²) in [6, 6.07) is 1.88. The summed E-state index contributed by atoms with van der Waals surface area (Å²) in [5, 5.41) is 17.1. The SMILES string of the molecule is Cc1cc(C(=O)NC2CCC(O)CC2)c2c(C)noc2n1. The van der Waals surface area contributed by atoms with Gasteiger partial charge in [-0.2, -0.15) is 0 Å². The van der Waals surface area contributed by atoms with Gasteiger partial charge in [-0.25, -0.2) is 4.98 Å². The minimum absolute atomic E-state index is 0.115. The predicted octanol–water partition coefficient (Wildman–Crippen LogP) is 1.87. The van der Waals surface area contributed by atoms with Crippen LogP contribution in [-0.2, 0) is 0 Å². The van der Waals surface area contributed by atoms with Gasteiger partial charge in [0, 0.05) is 11.7 Å². The summed E-state index contributed by atoms with van der Waals surface area (Å²) in [5.74, 6) is -0.127. The monoisotopic (exact) mass is 289 g/mol. The Morgan fingerprint density at radius 3 is 2.76 bits per heavy atom. The van der Waals surface area contributed by atoms with Crippen LogP contribution in [0.5, 0.6) is 0 Å². The smallest absolute Gasteiger partial charge is 0.258 e. The molecule has 0 atom stereocenters. The molecule has 6 nitrogen and oxygen atoms in total. The normalized spacial score (nSPS) is 22.4. The molecule has 0 bridgehead atoms. The van der Waals surface area contributed by atoms with Gasteiger partial charge < -0.3 is 14.9 Å². The summed E-state index contributed by atoms with van der Waals surface area (Å²) in [7, 11) is 0. The molecule has 3 rings (SSSR count). The number of amides is 1. The zero-order chi connectivity index (χ0) is 15.0. The van der Waals surface area contributed by atoms with Gasteiger partial charge in [-0.1, -0.05) is 5.16 Å². The molecule has 1 amide bonds. The number of aromatic nitrogens is 2. The first-order valence-corrected chi connectivity index (χ1v) is 7.27. The van der Waals surface area contributed by atoms with Crippen LogP contribution in [0.4, 0.5) is 0 Å². The molecule has 0 radical (unpaired) electrons. The molecular formula is C15H19N3O3. The maximum Gasteiger partial charge on any atom is 0.258 e. The molecule has 1 aliphatic carbocycles. The van der Waals surface area contributed by atoms with E-state index in [-0.39, 0.29) is 18.1 Å². The number of carbonyl (C=O) groups excluding carboxylic acids is 1. The van der Waals surface area contributed by atoms with E-state index >= 15 is 0 Å². The highest BCUT2D eigenvalue weighted by Crippen LogP contribution is 2.23. The Kier molecular flexibility index (Phi) is 3.63.